The van der Waals surface area contributed by atoms with Gasteiger partial charge in [0.05, 0.1) is 6.42 Å². The van der Waals surface area contributed by atoms with Gasteiger partial charge < -0.3 is 20.6 Å². The van der Waals surface area contributed by atoms with Gasteiger partial charge in [-0.2, -0.15) is 0 Å². The van der Waals surface area contributed by atoms with E-state index in [1.54, 1.807) is 0 Å². The largest absolute Gasteiger partial charge is 0.481 e. The van der Waals surface area contributed by atoms with Crippen molar-refractivity contribution >= 4 is 17.9 Å². The van der Waals surface area contributed by atoms with Crippen molar-refractivity contribution in [1.82, 2.24) is 15.5 Å². The lowest BCUT2D eigenvalue weighted by Gasteiger charge is -2.36. The van der Waals surface area contributed by atoms with Crippen LogP contribution in [0.4, 0.5) is 4.79 Å². The molecule has 0 saturated carbocycles. The zero-order valence-electron chi connectivity index (χ0n) is 13.1. The number of carbonyl (C=O) groups excluding carboxylic acids is 2. The molecule has 0 aromatic carbocycles. The minimum Gasteiger partial charge on any atom is -0.481 e. The first-order valence-electron chi connectivity index (χ1n) is 7.19. The summed E-state index contributed by atoms with van der Waals surface area (Å²) in [6.07, 6.45) is -0.382. The van der Waals surface area contributed by atoms with Crippen molar-refractivity contribution in [2.24, 2.45) is 11.3 Å². The Morgan fingerprint density at radius 1 is 1.48 bits per heavy atom. The Labute approximate surface area is 125 Å². The maximum Gasteiger partial charge on any atom is 0.318 e. The second-order valence-corrected chi connectivity index (χ2v) is 6.40. The molecule has 3 amide bonds. The van der Waals surface area contributed by atoms with Crippen LogP contribution < -0.4 is 10.6 Å². The lowest BCUT2D eigenvalue weighted by atomic mass is 9.81. The van der Waals surface area contributed by atoms with Crippen LogP contribution in [0.5, 0.6) is 0 Å². The van der Waals surface area contributed by atoms with Gasteiger partial charge in [-0.3, -0.25) is 9.59 Å². The summed E-state index contributed by atoms with van der Waals surface area (Å²) in [5.74, 6) is -1.13. The van der Waals surface area contributed by atoms with Crippen molar-refractivity contribution < 1.29 is 19.5 Å². The number of amides is 3. The van der Waals surface area contributed by atoms with E-state index in [1.165, 1.54) is 4.90 Å². The predicted molar refractivity (Wildman–Crippen MR) is 77.8 cm³/mol. The molecule has 0 radical (unpaired) electrons. The Morgan fingerprint density at radius 2 is 2.10 bits per heavy atom. The number of carbonyl (C=O) groups is 3. The van der Waals surface area contributed by atoms with E-state index in [0.29, 0.717) is 25.6 Å². The molecule has 1 atom stereocenters. The molecule has 1 fully saturated rings. The van der Waals surface area contributed by atoms with Gasteiger partial charge in [-0.25, -0.2) is 4.79 Å². The molecule has 0 bridgehead atoms. The fourth-order valence-electron chi connectivity index (χ4n) is 1.94. The molecule has 7 nitrogen and oxygen atoms in total. The second-order valence-electron chi connectivity index (χ2n) is 6.40. The van der Waals surface area contributed by atoms with E-state index < -0.39 is 17.9 Å². The lowest BCUT2D eigenvalue weighted by molar-refractivity contribution is -0.142. The van der Waals surface area contributed by atoms with Crippen LogP contribution in [0.25, 0.3) is 0 Å². The molecular formula is C14H25N3O4. The van der Waals surface area contributed by atoms with Gasteiger partial charge in [-0.15, -0.1) is 0 Å². The molecule has 1 rings (SSSR count). The Balaban J connectivity index is 2.69. The number of nitrogens with one attached hydrogen (secondary N) is 2. The normalized spacial score (nSPS) is 19.4. The molecular weight excluding hydrogens is 274 g/mol. The van der Waals surface area contributed by atoms with E-state index in [1.807, 2.05) is 0 Å². The van der Waals surface area contributed by atoms with Gasteiger partial charge in [-0.1, -0.05) is 27.7 Å². The van der Waals surface area contributed by atoms with E-state index in [0.717, 1.165) is 0 Å². The number of urea groups is 1. The van der Waals surface area contributed by atoms with E-state index >= 15 is 0 Å². The summed E-state index contributed by atoms with van der Waals surface area (Å²) in [4.78, 5) is 36.2. The summed E-state index contributed by atoms with van der Waals surface area (Å²) in [6.45, 7) is 9.39. The zero-order chi connectivity index (χ0) is 16.2. The van der Waals surface area contributed by atoms with Gasteiger partial charge in [0.15, 0.2) is 0 Å². The average molecular weight is 299 g/mol. The first-order chi connectivity index (χ1) is 9.65. The van der Waals surface area contributed by atoms with E-state index in [9.17, 15) is 14.4 Å². The fraction of sp³-hybridized carbons (Fsp3) is 0.786. The molecule has 120 valence electrons. The van der Waals surface area contributed by atoms with Crippen molar-refractivity contribution in [1.29, 1.82) is 0 Å². The number of nitrogens with zero attached hydrogens (tertiary/aromatic N) is 1. The van der Waals surface area contributed by atoms with Crippen LogP contribution in [0.3, 0.4) is 0 Å². The summed E-state index contributed by atoms with van der Waals surface area (Å²) in [6, 6.07) is -1.33. The number of hydrogen-bond donors (Lipinski definition) is 3. The van der Waals surface area contributed by atoms with Crippen molar-refractivity contribution in [3.8, 4) is 0 Å². The van der Waals surface area contributed by atoms with E-state index in [4.69, 9.17) is 5.11 Å². The molecule has 0 aliphatic carbocycles. The Hall–Kier alpha value is -1.79. The van der Waals surface area contributed by atoms with Gasteiger partial charge in [0.25, 0.3) is 0 Å². The summed E-state index contributed by atoms with van der Waals surface area (Å²) >= 11 is 0. The summed E-state index contributed by atoms with van der Waals surface area (Å²) in [5, 5.41) is 14.3. The van der Waals surface area contributed by atoms with Crippen LogP contribution in [0.2, 0.25) is 0 Å². The smallest absolute Gasteiger partial charge is 0.318 e. The number of hydrogen-bond acceptors (Lipinski definition) is 3. The first-order valence-corrected chi connectivity index (χ1v) is 7.19. The van der Waals surface area contributed by atoms with E-state index in [2.05, 4.69) is 38.3 Å². The molecule has 0 aromatic rings. The maximum absolute atomic E-state index is 12.2. The Kier molecular flexibility index (Phi) is 5.57. The highest BCUT2D eigenvalue weighted by atomic mass is 16.4. The Morgan fingerprint density at radius 3 is 2.62 bits per heavy atom. The lowest BCUT2D eigenvalue weighted by Crippen LogP contribution is -2.60. The molecule has 0 aromatic heterocycles. The van der Waals surface area contributed by atoms with Gasteiger partial charge in [-0.05, 0) is 11.3 Å². The molecule has 1 aliphatic rings. The molecule has 3 N–H and O–H groups in total. The quantitative estimate of drug-likeness (QED) is 0.694. The number of carboxylic acid groups (broad SMARTS) is 1. The van der Waals surface area contributed by atoms with Crippen LogP contribution in [-0.4, -0.2) is 53.6 Å². The van der Waals surface area contributed by atoms with Gasteiger partial charge in [0.2, 0.25) is 5.91 Å². The number of aliphatic carboxylic acids is 1. The SMILES string of the molecule is CC(C)C(C)(C)CNC(=O)N1CCNC(=O)C1CC(=O)O. The number of carboxylic acids is 1. The second kappa shape index (κ2) is 6.78. The predicted octanol–water partition coefficient (Wildman–Crippen LogP) is 0.653. The third kappa shape index (κ3) is 4.61. The summed E-state index contributed by atoms with van der Waals surface area (Å²) < 4.78 is 0. The van der Waals surface area contributed by atoms with Crippen LogP contribution in [0.15, 0.2) is 0 Å². The van der Waals surface area contributed by atoms with Crippen LogP contribution in [0, 0.1) is 11.3 Å². The van der Waals surface area contributed by atoms with Gasteiger partial charge >= 0.3 is 12.0 Å². The molecule has 1 heterocycles. The maximum atomic E-state index is 12.2. The highest BCUT2D eigenvalue weighted by molar-refractivity contribution is 5.91. The average Bonchev–Trinajstić information content (AvgIpc) is 2.37. The zero-order valence-corrected chi connectivity index (χ0v) is 13.1. The minimum atomic E-state index is -1.10. The monoisotopic (exact) mass is 299 g/mol. The first kappa shape index (κ1) is 17.3. The molecule has 1 aliphatic heterocycles. The summed E-state index contributed by atoms with van der Waals surface area (Å²) in [5.41, 5.74) is -0.0734. The highest BCUT2D eigenvalue weighted by Crippen LogP contribution is 2.24. The van der Waals surface area contributed by atoms with Crippen LogP contribution in [0.1, 0.15) is 34.1 Å². The summed E-state index contributed by atoms with van der Waals surface area (Å²) in [7, 11) is 0. The topological polar surface area (TPSA) is 98.7 Å². The molecule has 21 heavy (non-hydrogen) atoms. The molecule has 1 unspecified atom stereocenters. The molecule has 0 spiro atoms. The van der Waals surface area contributed by atoms with Crippen molar-refractivity contribution in [3.05, 3.63) is 0 Å². The minimum absolute atomic E-state index is 0.0734. The van der Waals surface area contributed by atoms with Crippen LogP contribution in [-0.2, 0) is 9.59 Å². The third-order valence-electron chi connectivity index (χ3n) is 4.22. The van der Waals surface area contributed by atoms with Crippen molar-refractivity contribution in [3.63, 3.8) is 0 Å². The third-order valence-corrected chi connectivity index (χ3v) is 4.22. The number of piperazine rings is 1. The highest BCUT2D eigenvalue weighted by Gasteiger charge is 2.35. The van der Waals surface area contributed by atoms with Crippen molar-refractivity contribution in [2.75, 3.05) is 19.6 Å². The Bertz CT molecular complexity index is 420. The standard InChI is InChI=1S/C14H25N3O4/c1-9(2)14(3,4)8-16-13(21)17-6-5-15-12(20)10(17)7-11(18)19/h9-10H,5-8H2,1-4H3,(H,15,20)(H,16,21)(H,18,19). The molecule has 1 saturated heterocycles. The fourth-order valence-corrected chi connectivity index (χ4v) is 1.94. The van der Waals surface area contributed by atoms with Gasteiger partial charge in [0.1, 0.15) is 6.04 Å². The van der Waals surface area contributed by atoms with E-state index in [-0.39, 0.29) is 17.9 Å². The van der Waals surface area contributed by atoms with Crippen LogP contribution >= 0.6 is 0 Å². The number of rotatable bonds is 5. The molecule has 7 heteroatoms. The van der Waals surface area contributed by atoms with Crippen molar-refractivity contribution in [2.45, 2.75) is 40.2 Å². The van der Waals surface area contributed by atoms with Gasteiger partial charge in [0, 0.05) is 19.6 Å².